The smallest absolute Gasteiger partial charge is 0.258 e. The highest BCUT2D eigenvalue weighted by molar-refractivity contribution is 7.90. The molecule has 0 saturated heterocycles. The van der Waals surface area contributed by atoms with Crippen molar-refractivity contribution in [3.05, 3.63) is 72.4 Å². The first-order valence-electron chi connectivity index (χ1n) is 11.0. The third-order valence-corrected chi connectivity index (χ3v) is 7.63. The molecule has 9 nitrogen and oxygen atoms in total. The quantitative estimate of drug-likeness (QED) is 0.298. The number of benzene rings is 3. The van der Waals surface area contributed by atoms with E-state index in [-0.39, 0.29) is 10.5 Å². The van der Waals surface area contributed by atoms with Crippen molar-refractivity contribution >= 4 is 53.3 Å². The standard InChI is InChI=1S/C26H21N3O6S2/c1-33-21-13-17-19(14-22(21)34-2)27-11-10-20(17)35-15-8-9-18-23(12-15)36-26(28-18)29-25(30)16-6-4-5-7-24(16)37(3,31)32/h4-14H,1-3H3,(H,28,29,30). The lowest BCUT2D eigenvalue weighted by Crippen LogP contribution is -2.15. The van der Waals surface area contributed by atoms with Crippen molar-refractivity contribution in [2.45, 2.75) is 4.90 Å². The van der Waals surface area contributed by atoms with Crippen LogP contribution in [-0.2, 0) is 9.84 Å². The Morgan fingerprint density at radius 1 is 0.919 bits per heavy atom. The molecule has 0 unspecified atom stereocenters. The number of methoxy groups -OCH3 is 2. The number of nitrogens with one attached hydrogen (secondary N) is 1. The highest BCUT2D eigenvalue weighted by Gasteiger charge is 2.19. The van der Waals surface area contributed by atoms with Crippen molar-refractivity contribution in [2.24, 2.45) is 0 Å². The highest BCUT2D eigenvalue weighted by Crippen LogP contribution is 2.38. The molecule has 5 aromatic rings. The molecule has 3 aromatic carbocycles. The molecule has 0 aliphatic rings. The summed E-state index contributed by atoms with van der Waals surface area (Å²) >= 11 is 1.25. The average Bonchev–Trinajstić information content (AvgIpc) is 3.29. The molecule has 0 bridgehead atoms. The monoisotopic (exact) mass is 535 g/mol. The zero-order valence-corrected chi connectivity index (χ0v) is 21.6. The largest absolute Gasteiger partial charge is 0.493 e. The number of pyridine rings is 1. The first-order chi connectivity index (χ1) is 17.8. The molecule has 2 aromatic heterocycles. The van der Waals surface area contributed by atoms with Crippen molar-refractivity contribution in [1.82, 2.24) is 9.97 Å². The van der Waals surface area contributed by atoms with E-state index in [1.165, 1.54) is 23.5 Å². The third kappa shape index (κ3) is 4.91. The van der Waals surface area contributed by atoms with Gasteiger partial charge >= 0.3 is 0 Å². The Bertz CT molecular complexity index is 1770. The van der Waals surface area contributed by atoms with Gasteiger partial charge in [0.1, 0.15) is 11.5 Å². The van der Waals surface area contributed by atoms with E-state index in [0.29, 0.717) is 39.2 Å². The van der Waals surface area contributed by atoms with Crippen LogP contribution in [0.1, 0.15) is 10.4 Å². The number of fused-ring (bicyclic) bond motifs is 2. The molecule has 37 heavy (non-hydrogen) atoms. The summed E-state index contributed by atoms with van der Waals surface area (Å²) in [5, 5.41) is 3.80. The Morgan fingerprint density at radius 2 is 1.68 bits per heavy atom. The summed E-state index contributed by atoms with van der Waals surface area (Å²) in [7, 11) is -0.440. The molecule has 5 rings (SSSR count). The van der Waals surface area contributed by atoms with Gasteiger partial charge in [-0.1, -0.05) is 23.5 Å². The first-order valence-corrected chi connectivity index (χ1v) is 13.7. The summed E-state index contributed by atoms with van der Waals surface area (Å²) in [5.41, 5.74) is 1.41. The van der Waals surface area contributed by atoms with Crippen LogP contribution >= 0.6 is 11.3 Å². The minimum atomic E-state index is -3.57. The van der Waals surface area contributed by atoms with Crippen molar-refractivity contribution < 1.29 is 27.4 Å². The lowest BCUT2D eigenvalue weighted by Gasteiger charge is -2.12. The Kier molecular flexibility index (Phi) is 6.40. The normalized spacial score (nSPS) is 11.4. The Balaban J connectivity index is 1.43. The predicted octanol–water partition coefficient (Wildman–Crippen LogP) is 5.31. The molecule has 188 valence electrons. The Labute approximate surface area is 216 Å². The summed E-state index contributed by atoms with van der Waals surface area (Å²) in [5.74, 6) is 1.73. The zero-order valence-electron chi connectivity index (χ0n) is 20.0. The van der Waals surface area contributed by atoms with E-state index in [4.69, 9.17) is 14.2 Å². The van der Waals surface area contributed by atoms with Crippen molar-refractivity contribution in [1.29, 1.82) is 0 Å². The number of thiazole rings is 1. The number of amides is 1. The van der Waals surface area contributed by atoms with Crippen LogP contribution in [0.4, 0.5) is 5.13 Å². The number of aromatic nitrogens is 2. The van der Waals surface area contributed by atoms with Gasteiger partial charge in [0.05, 0.1) is 40.4 Å². The van der Waals surface area contributed by atoms with Gasteiger partial charge in [0.15, 0.2) is 26.5 Å². The van der Waals surface area contributed by atoms with Crippen LogP contribution in [-0.4, -0.2) is 44.8 Å². The molecular formula is C26H21N3O6S2. The summed E-state index contributed by atoms with van der Waals surface area (Å²) in [4.78, 5) is 21.6. The Hall–Kier alpha value is -4.22. The SMILES string of the molecule is COc1cc2nccc(Oc3ccc4nc(NC(=O)c5ccccc5S(C)(=O)=O)sc4c3)c2cc1OC. The predicted molar refractivity (Wildman–Crippen MR) is 142 cm³/mol. The van der Waals surface area contributed by atoms with Crippen molar-refractivity contribution in [3.8, 4) is 23.0 Å². The number of anilines is 1. The molecule has 0 aliphatic heterocycles. The molecule has 0 atom stereocenters. The molecule has 0 saturated carbocycles. The van der Waals surface area contributed by atoms with Crippen LogP contribution in [0.15, 0.2) is 71.8 Å². The highest BCUT2D eigenvalue weighted by atomic mass is 32.2. The van der Waals surface area contributed by atoms with Gasteiger partial charge in [-0.15, -0.1) is 0 Å². The van der Waals surface area contributed by atoms with Crippen LogP contribution in [0.3, 0.4) is 0 Å². The second-order valence-corrected chi connectivity index (χ2v) is 11.0. The van der Waals surface area contributed by atoms with Gasteiger partial charge in [0.2, 0.25) is 0 Å². The van der Waals surface area contributed by atoms with Crippen LogP contribution in [0.5, 0.6) is 23.0 Å². The second-order valence-electron chi connectivity index (χ2n) is 8.01. The van der Waals surface area contributed by atoms with E-state index < -0.39 is 15.7 Å². The number of nitrogens with zero attached hydrogens (tertiary/aromatic N) is 2. The van der Waals surface area contributed by atoms with E-state index in [0.717, 1.165) is 16.3 Å². The van der Waals surface area contributed by atoms with E-state index in [2.05, 4.69) is 15.3 Å². The maximum absolute atomic E-state index is 12.8. The maximum atomic E-state index is 12.8. The van der Waals surface area contributed by atoms with Crippen LogP contribution in [0.25, 0.3) is 21.1 Å². The molecular weight excluding hydrogens is 514 g/mol. The van der Waals surface area contributed by atoms with Crippen molar-refractivity contribution in [2.75, 3.05) is 25.8 Å². The van der Waals surface area contributed by atoms with E-state index in [1.54, 1.807) is 56.8 Å². The van der Waals surface area contributed by atoms with Gasteiger partial charge in [-0.2, -0.15) is 0 Å². The molecule has 0 radical (unpaired) electrons. The van der Waals surface area contributed by atoms with Gasteiger partial charge < -0.3 is 14.2 Å². The van der Waals surface area contributed by atoms with Crippen LogP contribution in [0.2, 0.25) is 0 Å². The van der Waals surface area contributed by atoms with Crippen molar-refractivity contribution in [3.63, 3.8) is 0 Å². The summed E-state index contributed by atoms with van der Waals surface area (Å²) in [6, 6.07) is 16.8. The number of sulfone groups is 1. The van der Waals surface area contributed by atoms with Gasteiger partial charge in [-0.25, -0.2) is 13.4 Å². The molecule has 1 amide bonds. The maximum Gasteiger partial charge on any atom is 0.258 e. The zero-order chi connectivity index (χ0) is 26.2. The third-order valence-electron chi connectivity index (χ3n) is 5.55. The van der Waals surface area contributed by atoms with Crippen LogP contribution in [0, 0.1) is 0 Å². The van der Waals surface area contributed by atoms with E-state index >= 15 is 0 Å². The fourth-order valence-electron chi connectivity index (χ4n) is 3.83. The van der Waals surface area contributed by atoms with Crippen LogP contribution < -0.4 is 19.5 Å². The molecule has 1 N–H and O–H groups in total. The number of rotatable bonds is 7. The molecule has 11 heteroatoms. The van der Waals surface area contributed by atoms with E-state index in [1.807, 2.05) is 12.1 Å². The Morgan fingerprint density at radius 3 is 2.43 bits per heavy atom. The molecule has 0 fully saturated rings. The minimum Gasteiger partial charge on any atom is -0.493 e. The van der Waals surface area contributed by atoms with Gasteiger partial charge in [0, 0.05) is 30.0 Å². The fraction of sp³-hybridized carbons (Fsp3) is 0.115. The minimum absolute atomic E-state index is 0.0388. The summed E-state index contributed by atoms with van der Waals surface area (Å²) in [6.07, 6.45) is 2.72. The number of hydrogen-bond donors (Lipinski definition) is 1. The average molecular weight is 536 g/mol. The first kappa shape index (κ1) is 24.5. The second kappa shape index (κ2) is 9.68. The molecule has 0 aliphatic carbocycles. The topological polar surface area (TPSA) is 117 Å². The number of hydrogen-bond acceptors (Lipinski definition) is 9. The number of ether oxygens (including phenoxy) is 3. The molecule has 2 heterocycles. The van der Waals surface area contributed by atoms with Gasteiger partial charge in [-0.05, 0) is 36.4 Å². The van der Waals surface area contributed by atoms with Gasteiger partial charge in [-0.3, -0.25) is 15.1 Å². The summed E-state index contributed by atoms with van der Waals surface area (Å²) in [6.45, 7) is 0. The number of carbonyl (C=O) groups excluding carboxylic acids is 1. The van der Waals surface area contributed by atoms with E-state index in [9.17, 15) is 13.2 Å². The summed E-state index contributed by atoms with van der Waals surface area (Å²) < 4.78 is 41.9. The fourth-order valence-corrected chi connectivity index (χ4v) is 5.60. The number of carbonyl (C=O) groups is 1. The molecule has 0 spiro atoms. The lowest BCUT2D eigenvalue weighted by atomic mass is 10.2. The van der Waals surface area contributed by atoms with Gasteiger partial charge in [0.25, 0.3) is 5.91 Å². The lowest BCUT2D eigenvalue weighted by molar-refractivity contribution is 0.102.